The summed E-state index contributed by atoms with van der Waals surface area (Å²) < 4.78 is 5.85. The number of hydrogen-bond acceptors (Lipinski definition) is 6. The van der Waals surface area contributed by atoms with Crippen LogP contribution in [-0.4, -0.2) is 62.5 Å². The third kappa shape index (κ3) is 4.08. The van der Waals surface area contributed by atoms with Crippen molar-refractivity contribution in [2.45, 2.75) is 6.42 Å². The van der Waals surface area contributed by atoms with Gasteiger partial charge in [-0.15, -0.1) is 0 Å². The van der Waals surface area contributed by atoms with Crippen molar-refractivity contribution >= 4 is 0 Å². The van der Waals surface area contributed by atoms with Crippen molar-refractivity contribution in [3.8, 4) is 50.9 Å². The van der Waals surface area contributed by atoms with Crippen LogP contribution < -0.4 is 4.74 Å². The number of hydrogen-bond donors (Lipinski definition) is 2. The summed E-state index contributed by atoms with van der Waals surface area (Å²) in [5.41, 5.74) is 9.22. The molecule has 0 fully saturated rings. The first-order chi connectivity index (χ1) is 17.2. The quantitative estimate of drug-likeness (QED) is 0.364. The highest BCUT2D eigenvalue weighted by Gasteiger charge is 2.24. The third-order valence-corrected chi connectivity index (χ3v) is 6.22. The molecule has 0 spiro atoms. The Labute approximate surface area is 203 Å². The standard InChI is InChI=1S/C27H25N7O/c1-34(2)13-14-35-21-6-3-18(4-7-21)27-29-24(17-9-11-28-12-10-17)25(30-27)19-5-8-22-20(15-19)16-23-26(22)32-33-31-23/h3-12,15H,13-14,16H2,1-2H3,(H,29,30)(H,31,32,33). The number of aromatic amines is 2. The first-order valence-corrected chi connectivity index (χ1v) is 11.6. The van der Waals surface area contributed by atoms with E-state index >= 15 is 0 Å². The monoisotopic (exact) mass is 463 g/mol. The summed E-state index contributed by atoms with van der Waals surface area (Å²) in [6, 6.07) is 18.5. The average Bonchev–Trinajstić information content (AvgIpc) is 3.59. The highest BCUT2D eigenvalue weighted by Crippen LogP contribution is 2.39. The number of nitrogens with zero attached hydrogens (tertiary/aromatic N) is 5. The molecule has 0 unspecified atom stereocenters. The second-order valence-corrected chi connectivity index (χ2v) is 8.89. The second-order valence-electron chi connectivity index (χ2n) is 8.89. The number of likely N-dealkylation sites (N-methyl/N-ethyl adjacent to an activating group) is 1. The van der Waals surface area contributed by atoms with Crippen LogP contribution in [0.15, 0.2) is 67.0 Å². The largest absolute Gasteiger partial charge is 0.492 e. The number of imidazole rings is 1. The van der Waals surface area contributed by atoms with Crippen molar-refractivity contribution in [1.29, 1.82) is 0 Å². The van der Waals surface area contributed by atoms with Crippen molar-refractivity contribution in [2.75, 3.05) is 27.2 Å². The van der Waals surface area contributed by atoms with Gasteiger partial charge in [-0.3, -0.25) is 4.98 Å². The Morgan fingerprint density at radius 3 is 2.49 bits per heavy atom. The number of benzene rings is 2. The zero-order valence-electron chi connectivity index (χ0n) is 19.6. The Morgan fingerprint density at radius 2 is 1.69 bits per heavy atom. The van der Waals surface area contributed by atoms with Gasteiger partial charge in [-0.2, -0.15) is 15.4 Å². The summed E-state index contributed by atoms with van der Waals surface area (Å²) in [6.45, 7) is 1.52. The smallest absolute Gasteiger partial charge is 0.138 e. The average molecular weight is 464 g/mol. The van der Waals surface area contributed by atoms with Crippen LogP contribution in [0.25, 0.3) is 45.2 Å². The zero-order chi connectivity index (χ0) is 23.8. The molecule has 2 N–H and O–H groups in total. The molecule has 1 aliphatic carbocycles. The predicted octanol–water partition coefficient (Wildman–Crippen LogP) is 4.44. The fourth-order valence-electron chi connectivity index (χ4n) is 4.39. The molecule has 8 nitrogen and oxygen atoms in total. The van der Waals surface area contributed by atoms with Crippen LogP contribution in [0.1, 0.15) is 11.3 Å². The molecular formula is C27H25N7O. The molecule has 3 heterocycles. The number of fused-ring (bicyclic) bond motifs is 3. The SMILES string of the molecule is CN(C)CCOc1ccc(-c2nc(-c3ccc4c(c3)Cc3n[nH]nc3-4)c(-c3ccncc3)[nH]2)cc1. The van der Waals surface area contributed by atoms with Crippen LogP contribution in [-0.2, 0) is 6.42 Å². The Hall–Kier alpha value is -4.30. The second kappa shape index (κ2) is 8.81. The summed E-state index contributed by atoms with van der Waals surface area (Å²) in [5, 5.41) is 11.3. The maximum absolute atomic E-state index is 5.85. The number of nitrogens with one attached hydrogen (secondary N) is 2. The van der Waals surface area contributed by atoms with Crippen LogP contribution >= 0.6 is 0 Å². The number of pyridine rings is 1. The minimum atomic E-state index is 0.649. The molecule has 0 saturated heterocycles. The van der Waals surface area contributed by atoms with Gasteiger partial charge in [0.2, 0.25) is 0 Å². The predicted molar refractivity (Wildman–Crippen MR) is 135 cm³/mol. The van der Waals surface area contributed by atoms with E-state index in [0.717, 1.165) is 69.6 Å². The Morgan fingerprint density at radius 1 is 0.886 bits per heavy atom. The van der Waals surface area contributed by atoms with Gasteiger partial charge in [0.05, 0.1) is 17.1 Å². The molecule has 6 rings (SSSR count). The molecule has 0 atom stereocenters. The van der Waals surface area contributed by atoms with Gasteiger partial charge in [0, 0.05) is 47.6 Å². The minimum absolute atomic E-state index is 0.649. The van der Waals surface area contributed by atoms with E-state index in [4.69, 9.17) is 9.72 Å². The van der Waals surface area contributed by atoms with Crippen molar-refractivity contribution < 1.29 is 4.74 Å². The van der Waals surface area contributed by atoms with E-state index in [0.29, 0.717) is 6.61 Å². The normalized spacial score (nSPS) is 12.1. The van der Waals surface area contributed by atoms with Gasteiger partial charge in [0.25, 0.3) is 0 Å². The summed E-state index contributed by atoms with van der Waals surface area (Å²) >= 11 is 0. The van der Waals surface area contributed by atoms with Gasteiger partial charge < -0.3 is 14.6 Å². The number of aromatic nitrogens is 6. The molecule has 8 heteroatoms. The van der Waals surface area contributed by atoms with Gasteiger partial charge in [-0.25, -0.2) is 4.98 Å². The fourth-order valence-corrected chi connectivity index (χ4v) is 4.39. The molecule has 0 radical (unpaired) electrons. The molecule has 3 aromatic heterocycles. The molecular weight excluding hydrogens is 438 g/mol. The highest BCUT2D eigenvalue weighted by molar-refractivity contribution is 5.84. The van der Waals surface area contributed by atoms with Crippen molar-refractivity contribution in [2.24, 2.45) is 0 Å². The van der Waals surface area contributed by atoms with Gasteiger partial charge in [-0.1, -0.05) is 12.1 Å². The van der Waals surface area contributed by atoms with Crippen LogP contribution in [0, 0.1) is 0 Å². The van der Waals surface area contributed by atoms with Gasteiger partial charge in [0.15, 0.2) is 0 Å². The molecule has 5 aromatic rings. The first kappa shape index (κ1) is 21.2. The van der Waals surface area contributed by atoms with Crippen molar-refractivity contribution in [1.82, 2.24) is 35.3 Å². The Kier molecular flexibility index (Phi) is 5.35. The molecule has 0 amide bonds. The van der Waals surface area contributed by atoms with Crippen LogP contribution in [0.5, 0.6) is 5.75 Å². The topological polar surface area (TPSA) is 95.6 Å². The summed E-state index contributed by atoms with van der Waals surface area (Å²) in [5.74, 6) is 1.66. The molecule has 0 aliphatic heterocycles. The molecule has 1 aliphatic rings. The maximum atomic E-state index is 5.85. The molecule has 35 heavy (non-hydrogen) atoms. The van der Waals surface area contributed by atoms with Crippen molar-refractivity contribution in [3.05, 3.63) is 78.2 Å². The van der Waals surface area contributed by atoms with Crippen LogP contribution in [0.2, 0.25) is 0 Å². The highest BCUT2D eigenvalue weighted by atomic mass is 16.5. The maximum Gasteiger partial charge on any atom is 0.138 e. The van der Waals surface area contributed by atoms with E-state index in [-0.39, 0.29) is 0 Å². The lowest BCUT2D eigenvalue weighted by atomic mass is 10.0. The van der Waals surface area contributed by atoms with Gasteiger partial charge >= 0.3 is 0 Å². The zero-order valence-corrected chi connectivity index (χ0v) is 19.6. The van der Waals surface area contributed by atoms with Crippen LogP contribution in [0.4, 0.5) is 0 Å². The van der Waals surface area contributed by atoms with E-state index in [1.807, 2.05) is 50.5 Å². The number of H-pyrrole nitrogens is 2. The fraction of sp³-hybridized carbons (Fsp3) is 0.185. The Balaban J connectivity index is 1.36. The van der Waals surface area contributed by atoms with E-state index in [2.05, 4.69) is 48.5 Å². The van der Waals surface area contributed by atoms with Crippen LogP contribution in [0.3, 0.4) is 0 Å². The Bertz CT molecular complexity index is 1470. The van der Waals surface area contributed by atoms with Gasteiger partial charge in [0.1, 0.15) is 23.9 Å². The lowest BCUT2D eigenvalue weighted by molar-refractivity contribution is 0.261. The molecule has 0 bridgehead atoms. The number of ether oxygens (including phenoxy) is 1. The van der Waals surface area contributed by atoms with E-state index in [1.54, 1.807) is 12.4 Å². The third-order valence-electron chi connectivity index (χ3n) is 6.22. The summed E-state index contributed by atoms with van der Waals surface area (Å²) in [6.07, 6.45) is 4.37. The lowest BCUT2D eigenvalue weighted by Gasteiger charge is -2.11. The summed E-state index contributed by atoms with van der Waals surface area (Å²) in [7, 11) is 4.07. The summed E-state index contributed by atoms with van der Waals surface area (Å²) in [4.78, 5) is 14.9. The minimum Gasteiger partial charge on any atom is -0.492 e. The van der Waals surface area contributed by atoms with E-state index in [9.17, 15) is 0 Å². The number of rotatable bonds is 7. The van der Waals surface area contributed by atoms with Crippen molar-refractivity contribution in [3.63, 3.8) is 0 Å². The molecule has 0 saturated carbocycles. The van der Waals surface area contributed by atoms with E-state index < -0.39 is 0 Å². The molecule has 2 aromatic carbocycles. The molecule has 174 valence electrons. The lowest BCUT2D eigenvalue weighted by Crippen LogP contribution is -2.19. The van der Waals surface area contributed by atoms with Gasteiger partial charge in [-0.05, 0) is 62.1 Å². The van der Waals surface area contributed by atoms with E-state index in [1.165, 1.54) is 5.56 Å². The first-order valence-electron chi connectivity index (χ1n) is 11.6.